The van der Waals surface area contributed by atoms with Crippen LogP contribution in [0.15, 0.2) is 95.2 Å². The van der Waals surface area contributed by atoms with Crippen molar-refractivity contribution in [1.29, 1.82) is 0 Å². The van der Waals surface area contributed by atoms with E-state index in [-0.39, 0.29) is 23.8 Å². The Bertz CT molecular complexity index is 2190. The minimum absolute atomic E-state index is 0.127. The Labute approximate surface area is 282 Å². The number of fused-ring (bicyclic) bond motifs is 1. The van der Waals surface area contributed by atoms with E-state index >= 15 is 4.39 Å². The maximum Gasteiger partial charge on any atom is 0.220 e. The molecule has 0 fully saturated rings. The quantitative estimate of drug-likeness (QED) is 0.0800. The Morgan fingerprint density at radius 3 is 2.66 bits per heavy atom. The average molecular weight is 736 g/mol. The highest BCUT2D eigenvalue weighted by Crippen LogP contribution is 2.34. The van der Waals surface area contributed by atoms with Crippen molar-refractivity contribution in [3.63, 3.8) is 0 Å². The first-order chi connectivity index (χ1) is 22.8. The molecule has 2 N–H and O–H groups in total. The van der Waals surface area contributed by atoms with Crippen LogP contribution in [-0.2, 0) is 23.3 Å². The first-order valence-corrected chi connectivity index (χ1v) is 17.0. The second-order valence-corrected chi connectivity index (χ2v) is 12.9. The normalized spacial score (nSPS) is 11.0. The van der Waals surface area contributed by atoms with Crippen LogP contribution in [0.25, 0.3) is 22.2 Å². The molecule has 6 aromatic rings. The van der Waals surface area contributed by atoms with E-state index in [1.807, 2.05) is 12.1 Å². The second kappa shape index (κ2) is 14.9. The molecule has 0 amide bonds. The number of nitrogens with one attached hydrogen (secondary N) is 2. The van der Waals surface area contributed by atoms with Gasteiger partial charge in [0, 0.05) is 53.8 Å². The molecule has 0 saturated carbocycles. The largest absolute Gasteiger partial charge is 0.488 e. The highest BCUT2D eigenvalue weighted by molar-refractivity contribution is 9.10. The zero-order chi connectivity index (χ0) is 32.8. The molecule has 0 aliphatic carbocycles. The molecule has 0 spiro atoms. The lowest BCUT2D eigenvalue weighted by Gasteiger charge is -2.13. The zero-order valence-electron chi connectivity index (χ0n) is 24.5. The van der Waals surface area contributed by atoms with Gasteiger partial charge in [0.1, 0.15) is 41.0 Å². The van der Waals surface area contributed by atoms with E-state index in [0.717, 1.165) is 5.01 Å². The maximum absolute atomic E-state index is 15.3. The van der Waals surface area contributed by atoms with Gasteiger partial charge in [0.05, 0.1) is 26.4 Å². The van der Waals surface area contributed by atoms with Gasteiger partial charge in [-0.05, 0) is 70.0 Å². The number of rotatable bonds is 12. The SMILES string of the molecule is O=S(=O)=C(CNCCc1nc(-c2cc3c(Nc4ccc(OCc5cccc(F)c5)c(Br)c4)ncnc3cc2F)cs1)c1ccccn1. The van der Waals surface area contributed by atoms with Crippen molar-refractivity contribution >= 4 is 64.8 Å². The molecule has 238 valence electrons. The molecular formula is C33H25BrF2N6O3S2. The van der Waals surface area contributed by atoms with Gasteiger partial charge in [0.25, 0.3) is 0 Å². The van der Waals surface area contributed by atoms with Crippen LogP contribution in [0.4, 0.5) is 20.3 Å². The van der Waals surface area contributed by atoms with Crippen molar-refractivity contribution in [3.8, 4) is 17.0 Å². The van der Waals surface area contributed by atoms with Crippen molar-refractivity contribution in [3.05, 3.63) is 123 Å². The smallest absolute Gasteiger partial charge is 0.220 e. The van der Waals surface area contributed by atoms with E-state index in [2.05, 4.69) is 46.5 Å². The Hall–Kier alpha value is -4.63. The highest BCUT2D eigenvalue weighted by atomic mass is 79.9. The summed E-state index contributed by atoms with van der Waals surface area (Å²) in [4.78, 5) is 17.6. The van der Waals surface area contributed by atoms with Crippen molar-refractivity contribution in [2.45, 2.75) is 13.0 Å². The topological polar surface area (TPSA) is 119 Å². The molecule has 3 aromatic heterocycles. The van der Waals surface area contributed by atoms with Gasteiger partial charge in [-0.15, -0.1) is 11.3 Å². The lowest BCUT2D eigenvalue weighted by molar-refractivity contribution is 0.303. The number of aromatic nitrogens is 4. The molecule has 14 heteroatoms. The highest BCUT2D eigenvalue weighted by Gasteiger charge is 2.15. The molecule has 0 bridgehead atoms. The van der Waals surface area contributed by atoms with E-state index in [0.29, 0.717) is 68.1 Å². The Balaban J connectivity index is 1.14. The third-order valence-electron chi connectivity index (χ3n) is 6.98. The van der Waals surface area contributed by atoms with E-state index in [1.165, 1.54) is 35.9 Å². The van der Waals surface area contributed by atoms with Crippen LogP contribution in [0.2, 0.25) is 0 Å². The number of anilines is 2. The van der Waals surface area contributed by atoms with Crippen LogP contribution < -0.4 is 15.4 Å². The van der Waals surface area contributed by atoms with E-state index in [4.69, 9.17) is 4.74 Å². The number of pyridine rings is 1. The second-order valence-electron chi connectivity index (χ2n) is 10.2. The molecule has 9 nitrogen and oxygen atoms in total. The summed E-state index contributed by atoms with van der Waals surface area (Å²) in [5.74, 6) is 0.272. The predicted octanol–water partition coefficient (Wildman–Crippen LogP) is 6.74. The fraction of sp³-hybridized carbons (Fsp3) is 0.121. The third-order valence-corrected chi connectivity index (χ3v) is 9.27. The molecule has 0 aliphatic rings. The number of benzene rings is 3. The summed E-state index contributed by atoms with van der Waals surface area (Å²) in [6, 6.07) is 19.8. The molecule has 47 heavy (non-hydrogen) atoms. The Kier molecular flexibility index (Phi) is 10.2. The monoisotopic (exact) mass is 734 g/mol. The summed E-state index contributed by atoms with van der Waals surface area (Å²) in [5, 5.41) is 9.56. The van der Waals surface area contributed by atoms with Gasteiger partial charge in [-0.3, -0.25) is 4.98 Å². The molecular weight excluding hydrogens is 710 g/mol. The molecule has 3 aromatic carbocycles. The number of hydrogen-bond acceptors (Lipinski definition) is 10. The fourth-order valence-corrected chi connectivity index (χ4v) is 6.51. The predicted molar refractivity (Wildman–Crippen MR) is 183 cm³/mol. The van der Waals surface area contributed by atoms with Gasteiger partial charge >= 0.3 is 0 Å². The summed E-state index contributed by atoms with van der Waals surface area (Å²) >= 11 is 4.93. The van der Waals surface area contributed by atoms with Gasteiger partial charge in [0.15, 0.2) is 0 Å². The molecule has 0 aliphatic heterocycles. The first-order valence-electron chi connectivity index (χ1n) is 14.2. The number of thiazole rings is 1. The summed E-state index contributed by atoms with van der Waals surface area (Å²) in [5.41, 5.74) is 3.01. The number of nitrogens with zero attached hydrogens (tertiary/aromatic N) is 4. The van der Waals surface area contributed by atoms with E-state index in [1.54, 1.807) is 54.0 Å². The van der Waals surface area contributed by atoms with Gasteiger partial charge in [-0.25, -0.2) is 23.7 Å². The van der Waals surface area contributed by atoms with Crippen LogP contribution in [0.5, 0.6) is 5.75 Å². The standard InChI is InChI=1S/C33H25BrF2N6O3S2/c34-25-13-22(7-8-30(25)45-17-20-4-3-5-21(35)12-20)41-33-24-14-23(26(36)15-28(24)39-19-40-33)29-18-46-32(42-29)9-11-37-16-31(47(43)44)27-6-1-2-10-38-27/h1-8,10,12-15,18-19,37H,9,11,16-17H2,(H,39,40,41). The van der Waals surface area contributed by atoms with Crippen LogP contribution in [-0.4, -0.2) is 46.3 Å². The zero-order valence-corrected chi connectivity index (χ0v) is 27.7. The van der Waals surface area contributed by atoms with Crippen molar-refractivity contribution in [2.75, 3.05) is 18.4 Å². The summed E-state index contributed by atoms with van der Waals surface area (Å²) in [7, 11) is -2.41. The first kappa shape index (κ1) is 32.3. The van der Waals surface area contributed by atoms with Gasteiger partial charge in [0.2, 0.25) is 10.3 Å². The lowest BCUT2D eigenvalue weighted by atomic mass is 10.1. The third kappa shape index (κ3) is 8.03. The van der Waals surface area contributed by atoms with Gasteiger partial charge in [-0.2, -0.15) is 8.42 Å². The Morgan fingerprint density at radius 1 is 0.979 bits per heavy atom. The summed E-state index contributed by atoms with van der Waals surface area (Å²) < 4.78 is 58.7. The van der Waals surface area contributed by atoms with Crippen molar-refractivity contribution < 1.29 is 21.9 Å². The van der Waals surface area contributed by atoms with Crippen LogP contribution in [0.1, 0.15) is 16.3 Å². The van der Waals surface area contributed by atoms with Crippen LogP contribution in [0, 0.1) is 11.6 Å². The minimum Gasteiger partial charge on any atom is -0.488 e. The van der Waals surface area contributed by atoms with Gasteiger partial charge < -0.3 is 15.4 Å². The molecule has 3 heterocycles. The Morgan fingerprint density at radius 2 is 1.87 bits per heavy atom. The fourth-order valence-electron chi connectivity index (χ4n) is 4.70. The molecule has 6 rings (SSSR count). The van der Waals surface area contributed by atoms with Crippen LogP contribution >= 0.6 is 27.3 Å². The van der Waals surface area contributed by atoms with Crippen molar-refractivity contribution in [1.82, 2.24) is 25.3 Å². The summed E-state index contributed by atoms with van der Waals surface area (Å²) in [6.07, 6.45) is 3.43. The summed E-state index contributed by atoms with van der Waals surface area (Å²) in [6.45, 7) is 0.798. The lowest BCUT2D eigenvalue weighted by Crippen LogP contribution is -2.26. The molecule has 0 unspecified atom stereocenters. The van der Waals surface area contributed by atoms with Gasteiger partial charge in [-0.1, -0.05) is 18.2 Å². The molecule has 0 radical (unpaired) electrons. The van der Waals surface area contributed by atoms with Crippen LogP contribution in [0.3, 0.4) is 0 Å². The van der Waals surface area contributed by atoms with E-state index in [9.17, 15) is 12.8 Å². The molecule has 0 atom stereocenters. The van der Waals surface area contributed by atoms with Crippen molar-refractivity contribution in [2.24, 2.45) is 0 Å². The number of ether oxygens (including phenoxy) is 1. The number of hydrogen-bond donors (Lipinski definition) is 2. The molecule has 0 saturated heterocycles. The number of halogens is 3. The van der Waals surface area contributed by atoms with E-state index < -0.39 is 16.1 Å². The minimum atomic E-state index is -2.41. The maximum atomic E-state index is 15.3. The average Bonchev–Trinajstić information content (AvgIpc) is 3.53.